The van der Waals surface area contributed by atoms with Gasteiger partial charge in [0.05, 0.1) is 12.7 Å². The highest BCUT2D eigenvalue weighted by molar-refractivity contribution is 5.85. The molecule has 0 amide bonds. The predicted molar refractivity (Wildman–Crippen MR) is 94.1 cm³/mol. The first-order valence-electron chi connectivity index (χ1n) is 7.67. The van der Waals surface area contributed by atoms with Gasteiger partial charge in [-0.3, -0.25) is 4.79 Å². The van der Waals surface area contributed by atoms with Gasteiger partial charge in [0, 0.05) is 12.5 Å². The molecule has 0 saturated carbocycles. The third-order valence-corrected chi connectivity index (χ3v) is 3.33. The second-order valence-electron chi connectivity index (χ2n) is 6.03. The van der Waals surface area contributed by atoms with Crippen LogP contribution in [-0.2, 0) is 4.79 Å². The minimum atomic E-state index is -1.03. The highest BCUT2D eigenvalue weighted by Crippen LogP contribution is 2.33. The van der Waals surface area contributed by atoms with Gasteiger partial charge in [-0.05, 0) is 49.3 Å². The van der Waals surface area contributed by atoms with E-state index in [0.717, 1.165) is 22.4 Å². The molecular weight excluding hydrogens is 304 g/mol. The van der Waals surface area contributed by atoms with Gasteiger partial charge in [0.25, 0.3) is 0 Å². The summed E-state index contributed by atoms with van der Waals surface area (Å²) < 4.78 is 10.5. The van der Waals surface area contributed by atoms with Gasteiger partial charge in [-0.15, -0.1) is 0 Å². The molecule has 4 nitrogen and oxygen atoms in total. The quantitative estimate of drug-likeness (QED) is 0.670. The molecule has 24 heavy (non-hydrogen) atoms. The number of ether oxygens (including phenoxy) is 2. The molecular formula is C20H22O4. The predicted octanol–water partition coefficient (Wildman–Crippen LogP) is 3.82. The average Bonchev–Trinajstić information content (AvgIpc) is 2.52. The number of hydrogen-bond donors (Lipinski definition) is 1. The number of carbonyl (C=O) groups is 1. The van der Waals surface area contributed by atoms with Crippen molar-refractivity contribution < 1.29 is 19.4 Å². The smallest absolute Gasteiger partial charge is 0.308 e. The van der Waals surface area contributed by atoms with Crippen molar-refractivity contribution in [2.24, 2.45) is 0 Å². The van der Waals surface area contributed by atoms with Crippen molar-refractivity contribution in [2.75, 3.05) is 7.11 Å². The summed E-state index contributed by atoms with van der Waals surface area (Å²) >= 11 is 0. The highest BCUT2D eigenvalue weighted by Gasteiger charge is 2.17. The molecule has 0 radical (unpaired) electrons. The second kappa shape index (κ2) is 7.32. The minimum absolute atomic E-state index is 0.389. The Balaban J connectivity index is 2.59. The summed E-state index contributed by atoms with van der Waals surface area (Å²) in [6.07, 6.45) is 1.75. The lowest BCUT2D eigenvalue weighted by molar-refractivity contribution is -0.131. The fraction of sp³-hybridized carbons (Fsp3) is 0.250. The van der Waals surface area contributed by atoms with Gasteiger partial charge in [0.2, 0.25) is 0 Å². The molecule has 0 atom stereocenters. The second-order valence-corrected chi connectivity index (χ2v) is 6.03. The van der Waals surface area contributed by atoms with E-state index in [4.69, 9.17) is 9.47 Å². The zero-order valence-corrected chi connectivity index (χ0v) is 14.4. The number of carbonyl (C=O) groups excluding carboxylic acids is 1. The van der Waals surface area contributed by atoms with Crippen LogP contribution in [0.1, 0.15) is 31.9 Å². The molecule has 1 N–H and O–H groups in total. The fourth-order valence-electron chi connectivity index (χ4n) is 2.37. The van der Waals surface area contributed by atoms with Crippen LogP contribution in [0.25, 0.3) is 5.57 Å². The largest absolute Gasteiger partial charge is 0.497 e. The maximum absolute atomic E-state index is 11.4. The molecule has 4 heteroatoms. The maximum Gasteiger partial charge on any atom is 0.308 e. The van der Waals surface area contributed by atoms with Crippen LogP contribution in [0.3, 0.4) is 0 Å². The van der Waals surface area contributed by atoms with Crippen molar-refractivity contribution in [1.29, 1.82) is 0 Å². The maximum atomic E-state index is 11.4. The van der Waals surface area contributed by atoms with Crippen LogP contribution >= 0.6 is 0 Å². The summed E-state index contributed by atoms with van der Waals surface area (Å²) in [6.45, 7) is 4.76. The summed E-state index contributed by atoms with van der Waals surface area (Å²) in [6, 6.07) is 14.8. The van der Waals surface area contributed by atoms with Crippen molar-refractivity contribution in [1.82, 2.24) is 0 Å². The summed E-state index contributed by atoms with van der Waals surface area (Å²) in [5.74, 6) is 0.811. The number of esters is 1. The molecule has 0 aliphatic heterocycles. The molecule has 0 unspecified atom stereocenters. The fourth-order valence-corrected chi connectivity index (χ4v) is 2.37. The lowest BCUT2D eigenvalue weighted by atomic mass is 9.92. The average molecular weight is 326 g/mol. The number of para-hydroxylation sites is 1. The van der Waals surface area contributed by atoms with E-state index in [1.807, 2.05) is 36.4 Å². The normalized spacial score (nSPS) is 12.0. The Morgan fingerprint density at radius 2 is 1.71 bits per heavy atom. The molecule has 0 saturated heterocycles. The van der Waals surface area contributed by atoms with Crippen LogP contribution < -0.4 is 9.47 Å². The summed E-state index contributed by atoms with van der Waals surface area (Å²) in [4.78, 5) is 11.4. The first kappa shape index (κ1) is 17.8. The SMILES string of the molecule is COc1ccc(/C(=C/C(C)(C)O)c2ccccc2OC(C)=O)cc1. The Morgan fingerprint density at radius 1 is 1.08 bits per heavy atom. The van der Waals surface area contributed by atoms with E-state index in [1.165, 1.54) is 6.92 Å². The van der Waals surface area contributed by atoms with Gasteiger partial charge < -0.3 is 14.6 Å². The minimum Gasteiger partial charge on any atom is -0.497 e. The molecule has 2 aromatic carbocycles. The van der Waals surface area contributed by atoms with Gasteiger partial charge in [-0.25, -0.2) is 0 Å². The molecule has 2 aromatic rings. The zero-order chi connectivity index (χ0) is 17.7. The number of benzene rings is 2. The Labute approximate surface area is 142 Å². The van der Waals surface area contributed by atoms with E-state index in [1.54, 1.807) is 39.2 Å². The van der Waals surface area contributed by atoms with Crippen molar-refractivity contribution in [3.05, 3.63) is 65.7 Å². The van der Waals surface area contributed by atoms with Crippen LogP contribution in [0.5, 0.6) is 11.5 Å². The Morgan fingerprint density at radius 3 is 2.25 bits per heavy atom. The number of methoxy groups -OCH3 is 1. The Hall–Kier alpha value is -2.59. The lowest BCUT2D eigenvalue weighted by Gasteiger charge is -2.18. The van der Waals surface area contributed by atoms with Crippen LogP contribution in [0.2, 0.25) is 0 Å². The molecule has 2 rings (SSSR count). The summed E-state index contributed by atoms with van der Waals surface area (Å²) in [5, 5.41) is 10.3. The summed E-state index contributed by atoms with van der Waals surface area (Å²) in [7, 11) is 1.61. The number of hydrogen-bond acceptors (Lipinski definition) is 4. The Kier molecular flexibility index (Phi) is 5.42. The standard InChI is InChI=1S/C20H22O4/c1-14(21)24-19-8-6-5-7-17(19)18(13-20(2,3)22)15-9-11-16(23-4)12-10-15/h5-13,22H,1-4H3/b18-13-. The topological polar surface area (TPSA) is 55.8 Å². The molecule has 0 bridgehead atoms. The van der Waals surface area contributed by atoms with E-state index in [9.17, 15) is 9.90 Å². The lowest BCUT2D eigenvalue weighted by Crippen LogP contribution is -2.15. The first-order valence-corrected chi connectivity index (χ1v) is 7.67. The van der Waals surface area contributed by atoms with Crippen molar-refractivity contribution in [3.63, 3.8) is 0 Å². The Bertz CT molecular complexity index is 737. The molecule has 0 fully saturated rings. The van der Waals surface area contributed by atoms with Crippen molar-refractivity contribution in [3.8, 4) is 11.5 Å². The van der Waals surface area contributed by atoms with Gasteiger partial charge in [0.15, 0.2) is 0 Å². The van der Waals surface area contributed by atoms with Crippen molar-refractivity contribution in [2.45, 2.75) is 26.4 Å². The van der Waals surface area contributed by atoms with E-state index >= 15 is 0 Å². The summed E-state index contributed by atoms with van der Waals surface area (Å²) in [5.41, 5.74) is 1.37. The zero-order valence-electron chi connectivity index (χ0n) is 14.4. The number of aliphatic hydroxyl groups is 1. The van der Waals surface area contributed by atoms with Crippen LogP contribution in [0.15, 0.2) is 54.6 Å². The van der Waals surface area contributed by atoms with E-state index in [0.29, 0.717) is 5.75 Å². The molecule has 0 aliphatic rings. The van der Waals surface area contributed by atoms with Crippen LogP contribution in [0, 0.1) is 0 Å². The van der Waals surface area contributed by atoms with E-state index < -0.39 is 5.60 Å². The van der Waals surface area contributed by atoms with Crippen LogP contribution in [-0.4, -0.2) is 23.8 Å². The van der Waals surface area contributed by atoms with E-state index in [2.05, 4.69) is 0 Å². The molecule has 0 aromatic heterocycles. The highest BCUT2D eigenvalue weighted by atomic mass is 16.5. The van der Waals surface area contributed by atoms with Gasteiger partial charge in [-0.1, -0.05) is 30.3 Å². The molecule has 0 aliphatic carbocycles. The van der Waals surface area contributed by atoms with E-state index in [-0.39, 0.29) is 5.97 Å². The van der Waals surface area contributed by atoms with Crippen molar-refractivity contribution >= 4 is 11.5 Å². The van der Waals surface area contributed by atoms with Gasteiger partial charge in [0.1, 0.15) is 11.5 Å². The molecule has 0 spiro atoms. The van der Waals surface area contributed by atoms with Gasteiger partial charge >= 0.3 is 5.97 Å². The molecule has 0 heterocycles. The van der Waals surface area contributed by atoms with Crippen LogP contribution in [0.4, 0.5) is 0 Å². The first-order chi connectivity index (χ1) is 11.3. The molecule has 126 valence electrons. The third kappa shape index (κ3) is 4.70. The monoisotopic (exact) mass is 326 g/mol. The number of rotatable bonds is 5. The van der Waals surface area contributed by atoms with Gasteiger partial charge in [-0.2, -0.15) is 0 Å². The third-order valence-electron chi connectivity index (χ3n) is 3.33.